The number of hydrogen-bond acceptors (Lipinski definition) is 4. The van der Waals surface area contributed by atoms with Crippen molar-refractivity contribution in [3.63, 3.8) is 0 Å². The van der Waals surface area contributed by atoms with Gasteiger partial charge in [-0.05, 0) is 24.0 Å². The maximum Gasteiger partial charge on any atom is 0.306 e. The number of hydrogen-bond donors (Lipinski definition) is 0. The number of methoxy groups -OCH3 is 3. The lowest BCUT2D eigenvalue weighted by atomic mass is 9.90. The molecule has 0 saturated carbocycles. The van der Waals surface area contributed by atoms with Crippen LogP contribution in [0.2, 0.25) is 0 Å². The quantitative estimate of drug-likeness (QED) is 0.683. The van der Waals surface area contributed by atoms with Gasteiger partial charge in [0.05, 0.1) is 27.8 Å². The molecule has 0 heterocycles. The van der Waals surface area contributed by atoms with Crippen LogP contribution in [0.15, 0.2) is 18.2 Å². The van der Waals surface area contributed by atoms with Crippen molar-refractivity contribution >= 4 is 5.97 Å². The highest BCUT2D eigenvalue weighted by Gasteiger charge is 2.20. The molecule has 0 bridgehead atoms. The summed E-state index contributed by atoms with van der Waals surface area (Å²) in [5.41, 5.74) is 1.03. The zero-order chi connectivity index (χ0) is 15.0. The molecule has 0 saturated heterocycles. The predicted octanol–water partition coefficient (Wildman–Crippen LogP) is 3.54. The van der Waals surface area contributed by atoms with Crippen molar-refractivity contribution in [2.45, 2.75) is 38.5 Å². The fraction of sp³-hybridized carbons (Fsp3) is 0.562. The summed E-state index contributed by atoms with van der Waals surface area (Å²) in [6.07, 6.45) is 3.47. The van der Waals surface area contributed by atoms with Gasteiger partial charge >= 0.3 is 5.97 Å². The Labute approximate surface area is 121 Å². The van der Waals surface area contributed by atoms with E-state index in [9.17, 15) is 4.79 Å². The van der Waals surface area contributed by atoms with Gasteiger partial charge < -0.3 is 14.2 Å². The third-order valence-electron chi connectivity index (χ3n) is 3.43. The first-order valence-electron chi connectivity index (χ1n) is 6.95. The number of ether oxygens (including phenoxy) is 3. The van der Waals surface area contributed by atoms with Gasteiger partial charge in [0.2, 0.25) is 0 Å². The van der Waals surface area contributed by atoms with E-state index in [1.54, 1.807) is 14.2 Å². The van der Waals surface area contributed by atoms with E-state index in [-0.39, 0.29) is 11.9 Å². The number of benzene rings is 1. The van der Waals surface area contributed by atoms with Crippen LogP contribution in [0.4, 0.5) is 0 Å². The van der Waals surface area contributed by atoms with Gasteiger partial charge in [-0.3, -0.25) is 4.79 Å². The van der Waals surface area contributed by atoms with Crippen molar-refractivity contribution in [1.29, 1.82) is 0 Å². The summed E-state index contributed by atoms with van der Waals surface area (Å²) < 4.78 is 15.4. The van der Waals surface area contributed by atoms with Gasteiger partial charge in [-0.1, -0.05) is 25.8 Å². The highest BCUT2D eigenvalue weighted by molar-refractivity contribution is 5.70. The molecule has 1 unspecified atom stereocenters. The fourth-order valence-corrected chi connectivity index (χ4v) is 2.26. The molecule has 4 nitrogen and oxygen atoms in total. The molecular formula is C16H24O4. The van der Waals surface area contributed by atoms with Crippen molar-refractivity contribution in [2.24, 2.45) is 0 Å². The fourth-order valence-electron chi connectivity index (χ4n) is 2.26. The summed E-state index contributed by atoms with van der Waals surface area (Å²) in [4.78, 5) is 11.6. The second-order valence-corrected chi connectivity index (χ2v) is 4.73. The normalized spacial score (nSPS) is 11.8. The Hall–Kier alpha value is -1.71. The molecule has 0 aromatic heterocycles. The van der Waals surface area contributed by atoms with Gasteiger partial charge in [-0.2, -0.15) is 0 Å². The van der Waals surface area contributed by atoms with Gasteiger partial charge in [0.25, 0.3) is 0 Å². The Balaban J connectivity index is 3.01. The molecule has 112 valence electrons. The average molecular weight is 280 g/mol. The number of carbonyl (C=O) groups excluding carboxylic acids is 1. The second-order valence-electron chi connectivity index (χ2n) is 4.73. The van der Waals surface area contributed by atoms with Crippen LogP contribution in [-0.2, 0) is 9.53 Å². The highest BCUT2D eigenvalue weighted by Crippen LogP contribution is 2.35. The van der Waals surface area contributed by atoms with Crippen molar-refractivity contribution in [3.8, 4) is 11.5 Å². The second kappa shape index (κ2) is 8.46. The molecule has 0 N–H and O–H groups in total. The predicted molar refractivity (Wildman–Crippen MR) is 78.4 cm³/mol. The number of esters is 1. The van der Waals surface area contributed by atoms with Crippen LogP contribution in [0.1, 0.15) is 44.1 Å². The Morgan fingerprint density at radius 2 is 1.95 bits per heavy atom. The summed E-state index contributed by atoms with van der Waals surface area (Å²) in [5.74, 6) is 1.43. The zero-order valence-electron chi connectivity index (χ0n) is 12.8. The van der Waals surface area contributed by atoms with E-state index in [4.69, 9.17) is 14.2 Å². The number of rotatable bonds is 8. The third kappa shape index (κ3) is 4.44. The van der Waals surface area contributed by atoms with Crippen LogP contribution < -0.4 is 9.47 Å². The molecule has 0 amide bonds. The summed E-state index contributed by atoms with van der Waals surface area (Å²) >= 11 is 0. The summed E-state index contributed by atoms with van der Waals surface area (Å²) in [6, 6.07) is 5.72. The molecule has 0 spiro atoms. The summed E-state index contributed by atoms with van der Waals surface area (Å²) in [5, 5.41) is 0. The lowest BCUT2D eigenvalue weighted by Gasteiger charge is -2.19. The van der Waals surface area contributed by atoms with Crippen LogP contribution in [0.3, 0.4) is 0 Å². The Bertz CT molecular complexity index is 428. The van der Waals surface area contributed by atoms with E-state index in [1.165, 1.54) is 7.11 Å². The molecule has 0 radical (unpaired) electrons. The molecule has 1 aromatic carbocycles. The summed E-state index contributed by atoms with van der Waals surface area (Å²) in [7, 11) is 4.68. The Kier molecular flexibility index (Phi) is 6.91. The molecule has 0 aliphatic heterocycles. The SMILES string of the molecule is CCCCC(CC(=O)OC)c1ccc(OC)cc1OC. The van der Waals surface area contributed by atoms with Crippen LogP contribution in [0.5, 0.6) is 11.5 Å². The molecule has 0 aliphatic carbocycles. The Morgan fingerprint density at radius 3 is 2.50 bits per heavy atom. The van der Waals surface area contributed by atoms with Crippen LogP contribution in [-0.4, -0.2) is 27.3 Å². The van der Waals surface area contributed by atoms with Crippen LogP contribution >= 0.6 is 0 Å². The van der Waals surface area contributed by atoms with Gasteiger partial charge in [-0.15, -0.1) is 0 Å². The minimum absolute atomic E-state index is 0.114. The van der Waals surface area contributed by atoms with Gasteiger partial charge in [0.15, 0.2) is 0 Å². The Morgan fingerprint density at radius 1 is 1.20 bits per heavy atom. The van der Waals surface area contributed by atoms with Crippen LogP contribution in [0, 0.1) is 0 Å². The van der Waals surface area contributed by atoms with E-state index < -0.39 is 0 Å². The van der Waals surface area contributed by atoms with Crippen LogP contribution in [0.25, 0.3) is 0 Å². The minimum atomic E-state index is -0.191. The largest absolute Gasteiger partial charge is 0.497 e. The van der Waals surface area contributed by atoms with Crippen molar-refractivity contribution in [1.82, 2.24) is 0 Å². The maximum absolute atomic E-state index is 11.6. The van der Waals surface area contributed by atoms with Gasteiger partial charge in [-0.25, -0.2) is 0 Å². The lowest BCUT2D eigenvalue weighted by molar-refractivity contribution is -0.141. The average Bonchev–Trinajstić information content (AvgIpc) is 2.50. The van der Waals surface area contributed by atoms with Crippen molar-refractivity contribution in [3.05, 3.63) is 23.8 Å². The van der Waals surface area contributed by atoms with Gasteiger partial charge in [0.1, 0.15) is 11.5 Å². The molecule has 1 aromatic rings. The highest BCUT2D eigenvalue weighted by atomic mass is 16.5. The first-order chi connectivity index (χ1) is 9.65. The molecule has 0 aliphatic rings. The topological polar surface area (TPSA) is 44.8 Å². The molecule has 20 heavy (non-hydrogen) atoms. The molecule has 1 atom stereocenters. The monoisotopic (exact) mass is 280 g/mol. The smallest absolute Gasteiger partial charge is 0.306 e. The number of carbonyl (C=O) groups is 1. The van der Waals surface area contributed by atoms with E-state index in [0.717, 1.165) is 36.3 Å². The summed E-state index contributed by atoms with van der Waals surface area (Å²) in [6.45, 7) is 2.14. The lowest BCUT2D eigenvalue weighted by Crippen LogP contribution is -2.10. The van der Waals surface area contributed by atoms with E-state index in [1.807, 2.05) is 18.2 Å². The first-order valence-corrected chi connectivity index (χ1v) is 6.95. The molecular weight excluding hydrogens is 256 g/mol. The molecule has 0 fully saturated rings. The number of unbranched alkanes of at least 4 members (excludes halogenated alkanes) is 1. The maximum atomic E-state index is 11.6. The standard InChI is InChI=1S/C16H24O4/c1-5-6-7-12(10-16(17)20-4)14-9-8-13(18-2)11-15(14)19-3/h8-9,11-12H,5-7,10H2,1-4H3. The van der Waals surface area contributed by atoms with Crippen molar-refractivity contribution in [2.75, 3.05) is 21.3 Å². The first kappa shape index (κ1) is 16.3. The minimum Gasteiger partial charge on any atom is -0.497 e. The molecule has 1 rings (SSSR count). The van der Waals surface area contributed by atoms with E-state index in [0.29, 0.717) is 6.42 Å². The van der Waals surface area contributed by atoms with Crippen molar-refractivity contribution < 1.29 is 19.0 Å². The van der Waals surface area contributed by atoms with E-state index >= 15 is 0 Å². The molecule has 4 heteroatoms. The zero-order valence-corrected chi connectivity index (χ0v) is 12.8. The van der Waals surface area contributed by atoms with E-state index in [2.05, 4.69) is 6.92 Å². The van der Waals surface area contributed by atoms with Gasteiger partial charge in [0, 0.05) is 6.07 Å². The third-order valence-corrected chi connectivity index (χ3v) is 3.43.